The zero-order chi connectivity index (χ0) is 16.2. The summed E-state index contributed by atoms with van der Waals surface area (Å²) >= 11 is 0. The van der Waals surface area contributed by atoms with E-state index in [0.29, 0.717) is 0 Å². The van der Waals surface area contributed by atoms with Crippen molar-refractivity contribution >= 4 is 5.91 Å². The molecule has 0 radical (unpaired) electrons. The van der Waals surface area contributed by atoms with Crippen molar-refractivity contribution in [3.05, 3.63) is 35.4 Å². The molecule has 0 aromatic heterocycles. The maximum Gasteiger partial charge on any atom is 0.253 e. The molecule has 1 aliphatic rings. The Bertz CT molecular complexity index is 485. The molecular formula is C18H28N2O2. The summed E-state index contributed by atoms with van der Waals surface area (Å²) in [6.07, 6.45) is 0. The SMILES string of the molecule is CN(CCN1CCOCC1)C(=O)c1ccc(C(C)(C)C)cc1. The van der Waals surface area contributed by atoms with Gasteiger partial charge < -0.3 is 9.64 Å². The first-order valence-corrected chi connectivity index (χ1v) is 8.04. The molecule has 1 aliphatic heterocycles. The summed E-state index contributed by atoms with van der Waals surface area (Å²) in [5, 5.41) is 0. The van der Waals surface area contributed by atoms with Gasteiger partial charge in [0.2, 0.25) is 0 Å². The minimum atomic E-state index is 0.0914. The van der Waals surface area contributed by atoms with E-state index in [9.17, 15) is 4.79 Å². The lowest BCUT2D eigenvalue weighted by atomic mass is 9.86. The average molecular weight is 304 g/mol. The topological polar surface area (TPSA) is 32.8 Å². The Morgan fingerprint density at radius 1 is 1.18 bits per heavy atom. The number of hydrogen-bond donors (Lipinski definition) is 0. The fourth-order valence-corrected chi connectivity index (χ4v) is 2.55. The first-order chi connectivity index (χ1) is 10.4. The van der Waals surface area contributed by atoms with Crippen molar-refractivity contribution in [2.45, 2.75) is 26.2 Å². The van der Waals surface area contributed by atoms with Gasteiger partial charge in [0.1, 0.15) is 0 Å². The van der Waals surface area contributed by atoms with Gasteiger partial charge in [0, 0.05) is 38.8 Å². The molecule has 0 bridgehead atoms. The third-order valence-corrected chi connectivity index (χ3v) is 4.20. The number of carbonyl (C=O) groups is 1. The van der Waals surface area contributed by atoms with Crippen molar-refractivity contribution in [3.8, 4) is 0 Å². The lowest BCUT2D eigenvalue weighted by Gasteiger charge is -2.28. The smallest absolute Gasteiger partial charge is 0.253 e. The van der Waals surface area contributed by atoms with Crippen LogP contribution in [0.25, 0.3) is 0 Å². The van der Waals surface area contributed by atoms with E-state index in [1.54, 1.807) is 0 Å². The van der Waals surface area contributed by atoms with Gasteiger partial charge >= 0.3 is 0 Å². The van der Waals surface area contributed by atoms with Crippen LogP contribution in [0, 0.1) is 0 Å². The van der Waals surface area contributed by atoms with Crippen molar-refractivity contribution in [2.24, 2.45) is 0 Å². The Labute approximate surface area is 134 Å². The Balaban J connectivity index is 1.89. The Kier molecular flexibility index (Phi) is 5.59. The van der Waals surface area contributed by atoms with Gasteiger partial charge in [-0.15, -0.1) is 0 Å². The van der Waals surface area contributed by atoms with Crippen LogP contribution in [0.15, 0.2) is 24.3 Å². The number of carbonyl (C=O) groups excluding carboxylic acids is 1. The van der Waals surface area contributed by atoms with Gasteiger partial charge in [0.25, 0.3) is 5.91 Å². The largest absolute Gasteiger partial charge is 0.379 e. The van der Waals surface area contributed by atoms with Crippen molar-refractivity contribution in [1.29, 1.82) is 0 Å². The van der Waals surface area contributed by atoms with Crippen molar-refractivity contribution in [2.75, 3.05) is 46.4 Å². The quantitative estimate of drug-likeness (QED) is 0.856. The van der Waals surface area contributed by atoms with Gasteiger partial charge in [0.15, 0.2) is 0 Å². The van der Waals surface area contributed by atoms with Gasteiger partial charge in [-0.25, -0.2) is 0 Å². The summed E-state index contributed by atoms with van der Waals surface area (Å²) in [6.45, 7) is 11.7. The number of benzene rings is 1. The molecule has 1 aromatic rings. The van der Waals surface area contributed by atoms with E-state index in [1.807, 2.05) is 24.1 Å². The van der Waals surface area contributed by atoms with E-state index in [4.69, 9.17) is 4.74 Å². The highest BCUT2D eigenvalue weighted by Gasteiger charge is 2.17. The number of likely N-dealkylation sites (N-methyl/N-ethyl adjacent to an activating group) is 1. The van der Waals surface area contributed by atoms with Crippen molar-refractivity contribution < 1.29 is 9.53 Å². The predicted molar refractivity (Wildman–Crippen MR) is 89.4 cm³/mol. The normalized spacial score (nSPS) is 16.5. The molecular weight excluding hydrogens is 276 g/mol. The van der Waals surface area contributed by atoms with Gasteiger partial charge in [-0.3, -0.25) is 9.69 Å². The highest BCUT2D eigenvalue weighted by Crippen LogP contribution is 2.22. The molecule has 0 saturated carbocycles. The van der Waals surface area contributed by atoms with E-state index >= 15 is 0 Å². The number of rotatable bonds is 4. The van der Waals surface area contributed by atoms with E-state index in [2.05, 4.69) is 37.8 Å². The van der Waals surface area contributed by atoms with Gasteiger partial charge in [-0.2, -0.15) is 0 Å². The summed E-state index contributed by atoms with van der Waals surface area (Å²) in [6, 6.07) is 7.99. The molecule has 0 unspecified atom stereocenters. The molecule has 4 nitrogen and oxygen atoms in total. The van der Waals surface area contributed by atoms with Crippen LogP contribution >= 0.6 is 0 Å². The average Bonchev–Trinajstić information content (AvgIpc) is 2.52. The molecule has 0 N–H and O–H groups in total. The zero-order valence-electron chi connectivity index (χ0n) is 14.3. The van der Waals surface area contributed by atoms with E-state index in [1.165, 1.54) is 5.56 Å². The number of amides is 1. The van der Waals surface area contributed by atoms with Crippen LogP contribution < -0.4 is 0 Å². The van der Waals surface area contributed by atoms with E-state index < -0.39 is 0 Å². The van der Waals surface area contributed by atoms with Gasteiger partial charge in [-0.05, 0) is 23.1 Å². The Morgan fingerprint density at radius 3 is 2.32 bits per heavy atom. The lowest BCUT2D eigenvalue weighted by Crippen LogP contribution is -2.41. The van der Waals surface area contributed by atoms with Crippen LogP contribution in [0.2, 0.25) is 0 Å². The lowest BCUT2D eigenvalue weighted by molar-refractivity contribution is 0.0338. The Hall–Kier alpha value is -1.39. The summed E-state index contributed by atoms with van der Waals surface area (Å²) in [5.74, 6) is 0.0914. The second-order valence-corrected chi connectivity index (χ2v) is 7.01. The summed E-state index contributed by atoms with van der Waals surface area (Å²) < 4.78 is 5.34. The number of ether oxygens (including phenoxy) is 1. The highest BCUT2D eigenvalue weighted by atomic mass is 16.5. The molecule has 1 aromatic carbocycles. The minimum absolute atomic E-state index is 0.0914. The molecule has 0 atom stereocenters. The predicted octanol–water partition coefficient (Wildman–Crippen LogP) is 2.39. The molecule has 2 rings (SSSR count). The molecule has 1 saturated heterocycles. The third kappa shape index (κ3) is 4.55. The number of hydrogen-bond acceptors (Lipinski definition) is 3. The molecule has 0 aliphatic carbocycles. The molecule has 122 valence electrons. The Morgan fingerprint density at radius 2 is 1.77 bits per heavy atom. The second-order valence-electron chi connectivity index (χ2n) is 7.01. The summed E-state index contributed by atoms with van der Waals surface area (Å²) in [7, 11) is 1.88. The van der Waals surface area contributed by atoms with Crippen LogP contribution in [-0.4, -0.2) is 62.1 Å². The second kappa shape index (κ2) is 7.25. The summed E-state index contributed by atoms with van der Waals surface area (Å²) in [4.78, 5) is 16.6. The van der Waals surface area contributed by atoms with Crippen LogP contribution in [0.5, 0.6) is 0 Å². The fraction of sp³-hybridized carbons (Fsp3) is 0.611. The molecule has 1 amide bonds. The number of nitrogens with zero attached hydrogens (tertiary/aromatic N) is 2. The molecule has 0 spiro atoms. The maximum atomic E-state index is 12.5. The van der Waals surface area contributed by atoms with Crippen molar-refractivity contribution in [3.63, 3.8) is 0 Å². The molecule has 4 heteroatoms. The molecule has 1 fully saturated rings. The first kappa shape index (κ1) is 17.0. The minimum Gasteiger partial charge on any atom is -0.379 e. The van der Waals surface area contributed by atoms with Gasteiger partial charge in [0.05, 0.1) is 13.2 Å². The third-order valence-electron chi connectivity index (χ3n) is 4.20. The standard InChI is InChI=1S/C18H28N2O2/c1-18(2,3)16-7-5-15(6-8-16)17(21)19(4)9-10-20-11-13-22-14-12-20/h5-8H,9-14H2,1-4H3. The van der Waals surface area contributed by atoms with Crippen molar-refractivity contribution in [1.82, 2.24) is 9.80 Å². The van der Waals surface area contributed by atoms with E-state index in [-0.39, 0.29) is 11.3 Å². The molecule has 1 heterocycles. The van der Waals surface area contributed by atoms with Crippen LogP contribution in [0.3, 0.4) is 0 Å². The molecule has 22 heavy (non-hydrogen) atoms. The van der Waals surface area contributed by atoms with E-state index in [0.717, 1.165) is 45.0 Å². The van der Waals surface area contributed by atoms with Crippen LogP contribution in [0.1, 0.15) is 36.7 Å². The van der Waals surface area contributed by atoms with Crippen LogP contribution in [0.4, 0.5) is 0 Å². The first-order valence-electron chi connectivity index (χ1n) is 8.04. The maximum absolute atomic E-state index is 12.5. The van der Waals surface area contributed by atoms with Gasteiger partial charge in [-0.1, -0.05) is 32.9 Å². The highest BCUT2D eigenvalue weighted by molar-refractivity contribution is 5.94. The summed E-state index contributed by atoms with van der Waals surface area (Å²) in [5.41, 5.74) is 2.13. The monoisotopic (exact) mass is 304 g/mol. The van der Waals surface area contributed by atoms with Crippen LogP contribution in [-0.2, 0) is 10.2 Å². The fourth-order valence-electron chi connectivity index (χ4n) is 2.55. The zero-order valence-corrected chi connectivity index (χ0v) is 14.3. The number of morpholine rings is 1.